The van der Waals surface area contributed by atoms with Gasteiger partial charge < -0.3 is 25.6 Å². The number of aliphatic carboxylic acids is 1. The lowest BCUT2D eigenvalue weighted by molar-refractivity contribution is -0.155. The number of amides is 2. The molecule has 0 radical (unpaired) electrons. The van der Waals surface area contributed by atoms with E-state index in [1.54, 1.807) is 24.3 Å². The molecule has 0 fully saturated rings. The number of alkyl carbamates (subject to hydrolysis) is 1. The van der Waals surface area contributed by atoms with Gasteiger partial charge in [-0.3, -0.25) is 4.79 Å². The number of hydrogen-bond donors (Lipinski definition) is 4. The Kier molecular flexibility index (Phi) is 6.84. The fourth-order valence-corrected chi connectivity index (χ4v) is 4.03. The third-order valence-electron chi connectivity index (χ3n) is 6.05. The summed E-state index contributed by atoms with van der Waals surface area (Å²) in [4.78, 5) is 35.4. The van der Waals surface area contributed by atoms with Crippen molar-refractivity contribution < 1.29 is 29.3 Å². The molecule has 2 amide bonds. The van der Waals surface area contributed by atoms with Gasteiger partial charge in [-0.25, -0.2) is 9.59 Å². The van der Waals surface area contributed by atoms with E-state index in [1.807, 2.05) is 24.3 Å². The molecule has 0 bridgehead atoms. The van der Waals surface area contributed by atoms with Crippen LogP contribution in [0, 0.1) is 0 Å². The Labute approximate surface area is 202 Å². The lowest BCUT2D eigenvalue weighted by Crippen LogP contribution is -2.46. The molecule has 0 spiro atoms. The maximum Gasteiger partial charge on any atom is 0.407 e. The summed E-state index contributed by atoms with van der Waals surface area (Å²) in [6.07, 6.45) is -0.537. The fraction of sp³-hybridized carbons (Fsp3) is 0.222. The van der Waals surface area contributed by atoms with Gasteiger partial charge in [0.25, 0.3) is 5.91 Å². The monoisotopic (exact) mass is 474 g/mol. The smallest absolute Gasteiger partial charge is 0.407 e. The average molecular weight is 475 g/mol. The summed E-state index contributed by atoms with van der Waals surface area (Å²) < 4.78 is 5.52. The number of carbonyl (C=O) groups is 3. The molecule has 8 nitrogen and oxygen atoms in total. The van der Waals surface area contributed by atoms with E-state index in [0.29, 0.717) is 5.56 Å². The lowest BCUT2D eigenvalue weighted by Gasteiger charge is -2.18. The van der Waals surface area contributed by atoms with Crippen molar-refractivity contribution in [3.63, 3.8) is 0 Å². The number of aliphatic hydroxyl groups is 1. The van der Waals surface area contributed by atoms with Crippen molar-refractivity contribution in [2.75, 3.05) is 13.2 Å². The zero-order valence-electron chi connectivity index (χ0n) is 19.2. The molecule has 3 aromatic rings. The van der Waals surface area contributed by atoms with Gasteiger partial charge in [0.05, 0.1) is 6.54 Å². The molecule has 1 aliphatic carbocycles. The van der Waals surface area contributed by atoms with E-state index in [4.69, 9.17) is 9.84 Å². The number of ether oxygens (including phenoxy) is 1. The van der Waals surface area contributed by atoms with Crippen molar-refractivity contribution >= 4 is 18.0 Å². The maximum atomic E-state index is 12.3. The summed E-state index contributed by atoms with van der Waals surface area (Å²) in [5.74, 6) is -1.96. The summed E-state index contributed by atoms with van der Waals surface area (Å²) in [5.41, 5.74) is 3.60. The molecule has 0 aliphatic heterocycles. The van der Waals surface area contributed by atoms with Crippen LogP contribution in [0.1, 0.15) is 39.9 Å². The van der Waals surface area contributed by atoms with Crippen LogP contribution in [-0.4, -0.2) is 46.9 Å². The molecule has 0 saturated heterocycles. The summed E-state index contributed by atoms with van der Waals surface area (Å²) in [5, 5.41) is 23.7. The standard InChI is InChI=1S/C27H26N2O6/c1-27(34,25(31)32)16-29-24(30)18-12-10-17(11-13-18)14-28-26(33)35-15-23-21-8-4-2-6-19(21)20-7-3-5-9-22(20)23/h2-13,23,34H,14-16H2,1H3,(H,28,33)(H,29,30)(H,31,32). The molecule has 1 aliphatic rings. The summed E-state index contributed by atoms with van der Waals surface area (Å²) >= 11 is 0. The van der Waals surface area contributed by atoms with Crippen molar-refractivity contribution in [1.29, 1.82) is 0 Å². The first-order valence-corrected chi connectivity index (χ1v) is 11.2. The Hall–Kier alpha value is -4.17. The molecule has 0 heterocycles. The second-order valence-corrected chi connectivity index (χ2v) is 8.64. The van der Waals surface area contributed by atoms with E-state index in [9.17, 15) is 19.5 Å². The molecule has 0 saturated carbocycles. The van der Waals surface area contributed by atoms with Crippen molar-refractivity contribution in [3.05, 3.63) is 95.1 Å². The minimum absolute atomic E-state index is 0.0205. The second-order valence-electron chi connectivity index (χ2n) is 8.64. The van der Waals surface area contributed by atoms with Crippen LogP contribution < -0.4 is 10.6 Å². The predicted octanol–water partition coefficient (Wildman–Crippen LogP) is 3.29. The molecule has 35 heavy (non-hydrogen) atoms. The molecular weight excluding hydrogens is 448 g/mol. The van der Waals surface area contributed by atoms with Crippen LogP contribution in [0.3, 0.4) is 0 Å². The number of nitrogens with one attached hydrogen (secondary N) is 2. The Balaban J connectivity index is 1.28. The van der Waals surface area contributed by atoms with E-state index in [0.717, 1.165) is 34.7 Å². The topological polar surface area (TPSA) is 125 Å². The van der Waals surface area contributed by atoms with Crippen LogP contribution in [0.15, 0.2) is 72.8 Å². The maximum absolute atomic E-state index is 12.3. The Bertz CT molecular complexity index is 1210. The van der Waals surface area contributed by atoms with E-state index in [-0.39, 0.29) is 19.1 Å². The van der Waals surface area contributed by atoms with Crippen LogP contribution in [0.5, 0.6) is 0 Å². The second kappa shape index (κ2) is 9.99. The third kappa shape index (κ3) is 5.33. The minimum atomic E-state index is -2.05. The average Bonchev–Trinajstić information content (AvgIpc) is 3.18. The van der Waals surface area contributed by atoms with Gasteiger partial charge in [-0.15, -0.1) is 0 Å². The van der Waals surface area contributed by atoms with Gasteiger partial charge >= 0.3 is 12.1 Å². The van der Waals surface area contributed by atoms with Crippen molar-refractivity contribution in [2.24, 2.45) is 0 Å². The number of hydrogen-bond acceptors (Lipinski definition) is 5. The first kappa shape index (κ1) is 24.0. The van der Waals surface area contributed by atoms with Gasteiger partial charge in [0.1, 0.15) is 6.61 Å². The van der Waals surface area contributed by atoms with Gasteiger partial charge in [-0.1, -0.05) is 60.7 Å². The number of fused-ring (bicyclic) bond motifs is 3. The largest absolute Gasteiger partial charge is 0.479 e. The number of carboxylic acids is 1. The van der Waals surface area contributed by atoms with Crippen molar-refractivity contribution in [3.8, 4) is 11.1 Å². The molecule has 1 atom stereocenters. The number of carboxylic acid groups (broad SMARTS) is 1. The van der Waals surface area contributed by atoms with Gasteiger partial charge in [0.2, 0.25) is 0 Å². The number of benzene rings is 3. The summed E-state index contributed by atoms with van der Waals surface area (Å²) in [6.45, 7) is 1.12. The fourth-order valence-electron chi connectivity index (χ4n) is 4.03. The van der Waals surface area contributed by atoms with E-state index in [1.165, 1.54) is 0 Å². The van der Waals surface area contributed by atoms with Crippen LogP contribution in [-0.2, 0) is 16.1 Å². The zero-order valence-corrected chi connectivity index (χ0v) is 19.2. The van der Waals surface area contributed by atoms with Crippen LogP contribution >= 0.6 is 0 Å². The quantitative estimate of drug-likeness (QED) is 0.397. The van der Waals surface area contributed by atoms with Crippen molar-refractivity contribution in [1.82, 2.24) is 10.6 Å². The normalized spacial score (nSPS) is 13.8. The number of rotatable bonds is 8. The van der Waals surface area contributed by atoms with E-state index in [2.05, 4.69) is 34.9 Å². The van der Waals surface area contributed by atoms with Gasteiger partial charge in [0, 0.05) is 18.0 Å². The molecule has 180 valence electrons. The van der Waals surface area contributed by atoms with Crippen LogP contribution in [0.4, 0.5) is 4.79 Å². The van der Waals surface area contributed by atoms with Gasteiger partial charge in [-0.05, 0) is 46.9 Å². The van der Waals surface area contributed by atoms with Gasteiger partial charge in [0.15, 0.2) is 5.60 Å². The highest BCUT2D eigenvalue weighted by atomic mass is 16.5. The highest BCUT2D eigenvalue weighted by Crippen LogP contribution is 2.44. The predicted molar refractivity (Wildman–Crippen MR) is 129 cm³/mol. The lowest BCUT2D eigenvalue weighted by atomic mass is 9.98. The zero-order chi connectivity index (χ0) is 25.0. The molecular formula is C27H26N2O6. The first-order chi connectivity index (χ1) is 16.8. The SMILES string of the molecule is CC(O)(CNC(=O)c1ccc(CNC(=O)OCC2c3ccccc3-c3ccccc32)cc1)C(=O)O. The molecule has 8 heteroatoms. The minimum Gasteiger partial charge on any atom is -0.479 e. The Morgan fingerprint density at radius 1 is 0.886 bits per heavy atom. The van der Waals surface area contributed by atoms with E-state index >= 15 is 0 Å². The van der Waals surface area contributed by atoms with Crippen LogP contribution in [0.25, 0.3) is 11.1 Å². The van der Waals surface area contributed by atoms with Crippen molar-refractivity contribution in [2.45, 2.75) is 25.0 Å². The number of carbonyl (C=O) groups excluding carboxylic acids is 2. The first-order valence-electron chi connectivity index (χ1n) is 11.2. The summed E-state index contributed by atoms with van der Waals surface area (Å²) in [7, 11) is 0. The highest BCUT2D eigenvalue weighted by Gasteiger charge is 2.30. The Morgan fingerprint density at radius 3 is 2.03 bits per heavy atom. The molecule has 4 N–H and O–H groups in total. The third-order valence-corrected chi connectivity index (χ3v) is 6.05. The van der Waals surface area contributed by atoms with Crippen LogP contribution in [0.2, 0.25) is 0 Å². The molecule has 3 aromatic carbocycles. The molecule has 4 rings (SSSR count). The molecule has 0 aromatic heterocycles. The molecule has 1 unspecified atom stereocenters. The summed E-state index contributed by atoms with van der Waals surface area (Å²) in [6, 6.07) is 22.7. The highest BCUT2D eigenvalue weighted by molar-refractivity contribution is 5.94. The van der Waals surface area contributed by atoms with Gasteiger partial charge in [-0.2, -0.15) is 0 Å². The Morgan fingerprint density at radius 2 is 1.46 bits per heavy atom. The van der Waals surface area contributed by atoms with E-state index < -0.39 is 30.1 Å².